The zero-order valence-corrected chi connectivity index (χ0v) is 13.7. The van der Waals surface area contributed by atoms with E-state index in [-0.39, 0.29) is 18.5 Å². The van der Waals surface area contributed by atoms with Crippen molar-refractivity contribution in [3.63, 3.8) is 0 Å². The molecule has 0 saturated heterocycles. The maximum Gasteiger partial charge on any atom is 0.331 e. The van der Waals surface area contributed by atoms with Gasteiger partial charge in [-0.2, -0.15) is 0 Å². The number of hydrogen-bond acceptors (Lipinski definition) is 5. The van der Waals surface area contributed by atoms with E-state index < -0.39 is 11.2 Å². The number of nitrogens with one attached hydrogen (secondary N) is 1. The number of carbonyl (C=O) groups is 1. The molecule has 1 atom stereocenters. The molecule has 0 fully saturated rings. The van der Waals surface area contributed by atoms with Crippen molar-refractivity contribution in [3.05, 3.63) is 44.8 Å². The molecule has 0 spiro atoms. The summed E-state index contributed by atoms with van der Waals surface area (Å²) < 4.78 is 4.25. The highest BCUT2D eigenvalue weighted by Gasteiger charge is 2.23. The Hall–Kier alpha value is -2.71. The van der Waals surface area contributed by atoms with Gasteiger partial charge in [-0.3, -0.25) is 18.7 Å². The molecule has 0 saturated carbocycles. The Morgan fingerprint density at radius 2 is 2.17 bits per heavy atom. The molecule has 24 heavy (non-hydrogen) atoms. The molecule has 0 aromatic carbocycles. The lowest BCUT2D eigenvalue weighted by Crippen LogP contribution is -2.45. The minimum Gasteiger partial charge on any atom is -0.350 e. The first kappa shape index (κ1) is 16.2. The van der Waals surface area contributed by atoms with Crippen molar-refractivity contribution >= 4 is 5.91 Å². The largest absolute Gasteiger partial charge is 0.350 e. The molecule has 128 valence electrons. The Morgan fingerprint density at radius 3 is 2.92 bits per heavy atom. The van der Waals surface area contributed by atoms with E-state index in [0.29, 0.717) is 6.54 Å². The van der Waals surface area contributed by atoms with Crippen LogP contribution in [0.2, 0.25) is 0 Å². The van der Waals surface area contributed by atoms with Crippen LogP contribution in [0.4, 0.5) is 0 Å². The number of amides is 1. The number of carbonyl (C=O) groups excluding carboxylic acids is 1. The molecule has 0 bridgehead atoms. The Kier molecular flexibility index (Phi) is 4.32. The van der Waals surface area contributed by atoms with Crippen LogP contribution in [-0.2, 0) is 37.8 Å². The molecular weight excluding hydrogens is 312 g/mol. The van der Waals surface area contributed by atoms with E-state index in [2.05, 4.69) is 15.5 Å². The number of fused-ring (bicyclic) bond motifs is 1. The van der Waals surface area contributed by atoms with Gasteiger partial charge in [-0.25, -0.2) is 4.79 Å². The van der Waals surface area contributed by atoms with Gasteiger partial charge in [-0.15, -0.1) is 10.2 Å². The van der Waals surface area contributed by atoms with Gasteiger partial charge in [0.2, 0.25) is 5.91 Å². The van der Waals surface area contributed by atoms with E-state index in [0.717, 1.165) is 35.5 Å². The lowest BCUT2D eigenvalue weighted by molar-refractivity contribution is -0.122. The fourth-order valence-electron chi connectivity index (χ4n) is 2.93. The van der Waals surface area contributed by atoms with Gasteiger partial charge in [-0.05, 0) is 6.42 Å². The molecule has 1 aliphatic rings. The second-order valence-corrected chi connectivity index (χ2v) is 5.92. The second kappa shape index (κ2) is 6.42. The molecule has 3 rings (SSSR count). The highest BCUT2D eigenvalue weighted by Crippen LogP contribution is 2.15. The van der Waals surface area contributed by atoms with Crippen molar-refractivity contribution in [1.29, 1.82) is 0 Å². The van der Waals surface area contributed by atoms with Gasteiger partial charge in [0, 0.05) is 44.7 Å². The fraction of sp³-hybridized carbons (Fsp3) is 0.533. The summed E-state index contributed by atoms with van der Waals surface area (Å²) in [4.78, 5) is 35.6. The molecular formula is C15H20N6O3. The summed E-state index contributed by atoms with van der Waals surface area (Å²) in [5.41, 5.74) is -0.896. The quantitative estimate of drug-likeness (QED) is 0.760. The number of aryl methyl sites for hydroxylation is 2. The van der Waals surface area contributed by atoms with E-state index in [1.54, 1.807) is 0 Å². The first-order valence-electron chi connectivity index (χ1n) is 7.96. The van der Waals surface area contributed by atoms with Gasteiger partial charge in [0.05, 0.1) is 0 Å². The van der Waals surface area contributed by atoms with Crippen molar-refractivity contribution in [2.24, 2.45) is 7.05 Å². The number of rotatable bonds is 4. The first-order valence-corrected chi connectivity index (χ1v) is 7.96. The maximum atomic E-state index is 12.2. The number of aromatic nitrogens is 5. The third-order valence-electron chi connectivity index (χ3n) is 4.28. The fourth-order valence-corrected chi connectivity index (χ4v) is 2.93. The van der Waals surface area contributed by atoms with Crippen LogP contribution in [-0.4, -0.2) is 35.8 Å². The third-order valence-corrected chi connectivity index (χ3v) is 4.28. The minimum atomic E-state index is -0.504. The molecule has 2 aromatic rings. The van der Waals surface area contributed by atoms with Crippen molar-refractivity contribution in [1.82, 2.24) is 29.2 Å². The lowest BCUT2D eigenvalue weighted by Gasteiger charge is -2.25. The summed E-state index contributed by atoms with van der Waals surface area (Å²) >= 11 is 0. The van der Waals surface area contributed by atoms with Crippen molar-refractivity contribution in [2.45, 2.75) is 45.3 Å². The highest BCUT2D eigenvalue weighted by molar-refractivity contribution is 5.76. The normalized spacial score (nSPS) is 16.7. The van der Waals surface area contributed by atoms with E-state index in [9.17, 15) is 14.4 Å². The Balaban J connectivity index is 1.67. The molecule has 1 amide bonds. The second-order valence-electron chi connectivity index (χ2n) is 5.92. The van der Waals surface area contributed by atoms with E-state index in [1.807, 2.05) is 11.5 Å². The Labute approximate surface area is 137 Å². The smallest absolute Gasteiger partial charge is 0.331 e. The molecule has 1 aliphatic heterocycles. The topological polar surface area (TPSA) is 104 Å². The van der Waals surface area contributed by atoms with Gasteiger partial charge < -0.3 is 9.88 Å². The van der Waals surface area contributed by atoms with E-state index in [1.165, 1.54) is 23.9 Å². The van der Waals surface area contributed by atoms with Crippen molar-refractivity contribution in [3.8, 4) is 0 Å². The van der Waals surface area contributed by atoms with Crippen molar-refractivity contribution < 1.29 is 4.79 Å². The van der Waals surface area contributed by atoms with Crippen LogP contribution < -0.4 is 16.6 Å². The summed E-state index contributed by atoms with van der Waals surface area (Å²) in [5, 5.41) is 11.3. The zero-order valence-electron chi connectivity index (χ0n) is 13.7. The standard InChI is InChI=1S/C15H20N6O3/c1-3-11-17-18-12-5-4-10(8-21(11)12)16-13(22)9-20-7-6-14(23)19(2)15(20)24/h6-7,10H,3-5,8-9H2,1-2H3,(H,16,22)/t10-/m1/s1. The van der Waals surface area contributed by atoms with Gasteiger partial charge in [0.25, 0.3) is 5.56 Å². The molecule has 3 heterocycles. The van der Waals surface area contributed by atoms with Gasteiger partial charge in [0.1, 0.15) is 18.2 Å². The number of hydrogen-bond donors (Lipinski definition) is 1. The SMILES string of the molecule is CCc1nnc2n1C[C@H](NC(=O)Cn1ccc(=O)n(C)c1=O)CC2. The molecule has 0 radical (unpaired) electrons. The van der Waals surface area contributed by atoms with Crippen LogP contribution in [0.15, 0.2) is 21.9 Å². The number of nitrogens with zero attached hydrogens (tertiary/aromatic N) is 5. The van der Waals surface area contributed by atoms with Crippen LogP contribution in [0.1, 0.15) is 25.0 Å². The molecule has 0 aliphatic carbocycles. The monoisotopic (exact) mass is 332 g/mol. The minimum absolute atomic E-state index is 0.0190. The summed E-state index contributed by atoms with van der Waals surface area (Å²) in [6, 6.07) is 1.25. The highest BCUT2D eigenvalue weighted by atomic mass is 16.2. The molecule has 9 heteroatoms. The average molecular weight is 332 g/mol. The van der Waals surface area contributed by atoms with Gasteiger partial charge in [0.15, 0.2) is 0 Å². The molecule has 9 nitrogen and oxygen atoms in total. The maximum absolute atomic E-state index is 12.2. The predicted octanol–water partition coefficient (Wildman–Crippen LogP) is -1.17. The molecule has 1 N–H and O–H groups in total. The summed E-state index contributed by atoms with van der Waals surface area (Å²) in [6.07, 6.45) is 3.69. The van der Waals surface area contributed by atoms with Crippen LogP contribution >= 0.6 is 0 Å². The molecule has 0 unspecified atom stereocenters. The Morgan fingerprint density at radius 1 is 1.38 bits per heavy atom. The third kappa shape index (κ3) is 3.01. The van der Waals surface area contributed by atoms with Crippen LogP contribution in [0.25, 0.3) is 0 Å². The Bertz CT molecular complexity index is 865. The summed E-state index contributed by atoms with van der Waals surface area (Å²) in [6.45, 7) is 2.55. The van der Waals surface area contributed by atoms with Gasteiger partial charge in [-0.1, -0.05) is 6.92 Å². The van der Waals surface area contributed by atoms with E-state index >= 15 is 0 Å². The van der Waals surface area contributed by atoms with Crippen LogP contribution in [0.3, 0.4) is 0 Å². The first-order chi connectivity index (χ1) is 11.5. The summed E-state index contributed by atoms with van der Waals surface area (Å²) in [5.74, 6) is 1.61. The lowest BCUT2D eigenvalue weighted by atomic mass is 10.1. The predicted molar refractivity (Wildman–Crippen MR) is 85.6 cm³/mol. The van der Waals surface area contributed by atoms with Gasteiger partial charge >= 0.3 is 5.69 Å². The van der Waals surface area contributed by atoms with Crippen LogP contribution in [0, 0.1) is 0 Å². The average Bonchev–Trinajstić information content (AvgIpc) is 2.97. The molecule has 2 aromatic heterocycles. The van der Waals surface area contributed by atoms with Crippen LogP contribution in [0.5, 0.6) is 0 Å². The van der Waals surface area contributed by atoms with E-state index in [4.69, 9.17) is 0 Å². The summed E-state index contributed by atoms with van der Waals surface area (Å²) in [7, 11) is 1.39. The van der Waals surface area contributed by atoms with Crippen molar-refractivity contribution in [2.75, 3.05) is 0 Å². The zero-order chi connectivity index (χ0) is 17.3.